The van der Waals surface area contributed by atoms with Crippen LogP contribution in [0.3, 0.4) is 0 Å². The molecule has 4 heteroatoms. The summed E-state index contributed by atoms with van der Waals surface area (Å²) in [6.45, 7) is 6.92. The minimum Gasteiger partial charge on any atom is -0.497 e. The largest absolute Gasteiger partial charge is 0.497 e. The van der Waals surface area contributed by atoms with Gasteiger partial charge < -0.3 is 14.4 Å². The van der Waals surface area contributed by atoms with Crippen LogP contribution in [0, 0.1) is 17.8 Å². The normalized spacial score (nSPS) is 29.3. The third-order valence-electron chi connectivity index (χ3n) is 6.26. The molecular formula is C21H30N2O2. The molecule has 1 heterocycles. The molecule has 2 fully saturated rings. The molecule has 1 aromatic rings. The Morgan fingerprint density at radius 2 is 1.76 bits per heavy atom. The van der Waals surface area contributed by atoms with Crippen molar-refractivity contribution < 1.29 is 9.47 Å². The maximum absolute atomic E-state index is 5.54. The van der Waals surface area contributed by atoms with Crippen LogP contribution in [-0.4, -0.2) is 56.7 Å². The van der Waals surface area contributed by atoms with Crippen LogP contribution in [-0.2, 0) is 6.54 Å². The zero-order valence-corrected chi connectivity index (χ0v) is 15.5. The Morgan fingerprint density at radius 1 is 0.960 bits per heavy atom. The number of hydrogen-bond acceptors (Lipinski definition) is 4. The van der Waals surface area contributed by atoms with Gasteiger partial charge in [0.05, 0.1) is 14.2 Å². The van der Waals surface area contributed by atoms with E-state index in [4.69, 9.17) is 9.47 Å². The highest BCUT2D eigenvalue weighted by Gasteiger charge is 2.36. The molecule has 0 radical (unpaired) electrons. The first-order valence-electron chi connectivity index (χ1n) is 9.59. The fraction of sp³-hybridized carbons (Fsp3) is 0.619. The Morgan fingerprint density at radius 3 is 2.40 bits per heavy atom. The second-order valence-corrected chi connectivity index (χ2v) is 7.79. The van der Waals surface area contributed by atoms with Gasteiger partial charge in [-0.15, -0.1) is 0 Å². The van der Waals surface area contributed by atoms with Crippen molar-refractivity contribution in [3.05, 3.63) is 35.9 Å². The van der Waals surface area contributed by atoms with E-state index in [0.29, 0.717) is 0 Å². The van der Waals surface area contributed by atoms with E-state index in [1.165, 1.54) is 38.0 Å². The lowest BCUT2D eigenvalue weighted by Crippen LogP contribution is -2.47. The van der Waals surface area contributed by atoms with Crippen LogP contribution < -0.4 is 9.47 Å². The van der Waals surface area contributed by atoms with Gasteiger partial charge in [0, 0.05) is 50.9 Å². The van der Waals surface area contributed by atoms with E-state index in [9.17, 15) is 0 Å². The van der Waals surface area contributed by atoms with Gasteiger partial charge in [0.2, 0.25) is 0 Å². The molecule has 136 valence electrons. The highest BCUT2D eigenvalue weighted by atomic mass is 16.5. The second-order valence-electron chi connectivity index (χ2n) is 7.79. The van der Waals surface area contributed by atoms with Crippen LogP contribution in [0.15, 0.2) is 30.4 Å². The highest BCUT2D eigenvalue weighted by molar-refractivity contribution is 5.40. The summed E-state index contributed by atoms with van der Waals surface area (Å²) in [5.41, 5.74) is 1.25. The third kappa shape index (κ3) is 3.70. The monoisotopic (exact) mass is 342 g/mol. The number of nitrogens with zero attached hydrogens (tertiary/aromatic N) is 2. The molecule has 25 heavy (non-hydrogen) atoms. The van der Waals surface area contributed by atoms with Crippen molar-refractivity contribution in [3.63, 3.8) is 0 Å². The van der Waals surface area contributed by atoms with Crippen molar-refractivity contribution in [2.24, 2.45) is 17.8 Å². The van der Waals surface area contributed by atoms with E-state index in [-0.39, 0.29) is 0 Å². The average Bonchev–Trinajstić information content (AvgIpc) is 3.26. The van der Waals surface area contributed by atoms with Gasteiger partial charge >= 0.3 is 0 Å². The number of methoxy groups -OCH3 is 2. The van der Waals surface area contributed by atoms with Crippen LogP contribution in [0.5, 0.6) is 11.5 Å². The standard InChI is InChI=1S/C21H30N2O2/c1-24-20-6-5-18(21(13-20)25-2)14-22-7-9-23(10-8-22)15-19-12-16-3-4-17(19)11-16/h3-6,13,16-17,19H,7-12,14-15H2,1-2H3/t16-,17-,19-/m1/s1. The summed E-state index contributed by atoms with van der Waals surface area (Å²) in [5, 5.41) is 0. The van der Waals surface area contributed by atoms with Crippen molar-refractivity contribution in [1.29, 1.82) is 0 Å². The van der Waals surface area contributed by atoms with E-state index in [0.717, 1.165) is 48.9 Å². The van der Waals surface area contributed by atoms with E-state index >= 15 is 0 Å². The van der Waals surface area contributed by atoms with Crippen LogP contribution >= 0.6 is 0 Å². The average molecular weight is 342 g/mol. The first-order valence-corrected chi connectivity index (χ1v) is 9.59. The zero-order valence-electron chi connectivity index (χ0n) is 15.5. The van der Waals surface area contributed by atoms with Gasteiger partial charge in [-0.1, -0.05) is 18.2 Å². The molecular weight excluding hydrogens is 312 g/mol. The van der Waals surface area contributed by atoms with Gasteiger partial charge in [0.15, 0.2) is 0 Å². The maximum atomic E-state index is 5.54. The van der Waals surface area contributed by atoms with Crippen molar-refractivity contribution in [1.82, 2.24) is 9.80 Å². The molecule has 4 rings (SSSR count). The van der Waals surface area contributed by atoms with Gasteiger partial charge in [0.1, 0.15) is 11.5 Å². The molecule has 3 atom stereocenters. The zero-order chi connectivity index (χ0) is 17.2. The molecule has 1 saturated carbocycles. The van der Waals surface area contributed by atoms with Gasteiger partial charge in [-0.2, -0.15) is 0 Å². The van der Waals surface area contributed by atoms with Gasteiger partial charge in [0.25, 0.3) is 0 Å². The number of ether oxygens (including phenoxy) is 2. The van der Waals surface area contributed by atoms with Crippen LogP contribution in [0.25, 0.3) is 0 Å². The predicted octanol–water partition coefficient (Wildman–Crippen LogP) is 3.03. The Bertz CT molecular complexity index is 622. The lowest BCUT2D eigenvalue weighted by Gasteiger charge is -2.37. The Labute approximate surface area is 151 Å². The Balaban J connectivity index is 1.28. The lowest BCUT2D eigenvalue weighted by atomic mass is 9.93. The smallest absolute Gasteiger partial charge is 0.127 e. The molecule has 0 unspecified atom stereocenters. The molecule has 2 bridgehead atoms. The number of benzene rings is 1. The van der Waals surface area contributed by atoms with Crippen LogP contribution in [0.2, 0.25) is 0 Å². The fourth-order valence-electron chi connectivity index (χ4n) is 4.79. The lowest BCUT2D eigenvalue weighted by molar-refractivity contribution is 0.108. The van der Waals surface area contributed by atoms with E-state index in [1.807, 2.05) is 12.1 Å². The number of hydrogen-bond donors (Lipinski definition) is 0. The van der Waals surface area contributed by atoms with Gasteiger partial charge in [-0.05, 0) is 36.7 Å². The quantitative estimate of drug-likeness (QED) is 0.742. The molecule has 0 aromatic heterocycles. The van der Waals surface area contributed by atoms with E-state index < -0.39 is 0 Å². The number of rotatable bonds is 6. The van der Waals surface area contributed by atoms with Crippen molar-refractivity contribution in [2.75, 3.05) is 46.9 Å². The fourth-order valence-corrected chi connectivity index (χ4v) is 4.79. The highest BCUT2D eigenvalue weighted by Crippen LogP contribution is 2.43. The summed E-state index contributed by atoms with van der Waals surface area (Å²) in [4.78, 5) is 5.22. The molecule has 1 aliphatic heterocycles. The molecule has 0 spiro atoms. The summed E-state index contributed by atoms with van der Waals surface area (Å²) in [6.07, 6.45) is 7.76. The minimum absolute atomic E-state index is 0.852. The summed E-state index contributed by atoms with van der Waals surface area (Å²) in [5.74, 6) is 4.44. The third-order valence-corrected chi connectivity index (χ3v) is 6.26. The first-order chi connectivity index (χ1) is 12.2. The van der Waals surface area contributed by atoms with Gasteiger partial charge in [-0.3, -0.25) is 4.90 Å². The summed E-state index contributed by atoms with van der Waals surface area (Å²) < 4.78 is 10.8. The molecule has 1 saturated heterocycles. The summed E-state index contributed by atoms with van der Waals surface area (Å²) in [7, 11) is 3.43. The van der Waals surface area contributed by atoms with Crippen molar-refractivity contribution in [3.8, 4) is 11.5 Å². The van der Waals surface area contributed by atoms with Crippen molar-refractivity contribution in [2.45, 2.75) is 19.4 Å². The van der Waals surface area contributed by atoms with E-state index in [1.54, 1.807) is 14.2 Å². The van der Waals surface area contributed by atoms with E-state index in [2.05, 4.69) is 28.0 Å². The topological polar surface area (TPSA) is 24.9 Å². The number of allylic oxidation sites excluding steroid dienone is 2. The SMILES string of the molecule is COc1ccc(CN2CCN(C[C@H]3C[C@@H]4C=C[C@@H]3C4)CC2)c(OC)c1. The van der Waals surface area contributed by atoms with Crippen LogP contribution in [0.1, 0.15) is 18.4 Å². The first kappa shape index (κ1) is 16.9. The summed E-state index contributed by atoms with van der Waals surface area (Å²) in [6, 6.07) is 6.14. The maximum Gasteiger partial charge on any atom is 0.127 e. The van der Waals surface area contributed by atoms with Crippen molar-refractivity contribution >= 4 is 0 Å². The molecule has 2 aliphatic carbocycles. The van der Waals surface area contributed by atoms with Gasteiger partial charge in [-0.25, -0.2) is 0 Å². The molecule has 3 aliphatic rings. The molecule has 1 aromatic carbocycles. The molecule has 4 nitrogen and oxygen atoms in total. The Hall–Kier alpha value is -1.52. The number of piperazine rings is 1. The molecule has 0 amide bonds. The summed E-state index contributed by atoms with van der Waals surface area (Å²) >= 11 is 0. The van der Waals surface area contributed by atoms with Crippen LogP contribution in [0.4, 0.5) is 0 Å². The second kappa shape index (κ2) is 7.38. The predicted molar refractivity (Wildman–Crippen MR) is 100 cm³/mol. The number of fused-ring (bicyclic) bond motifs is 2. The minimum atomic E-state index is 0.852. The molecule has 0 N–H and O–H groups in total. The Kier molecular flexibility index (Phi) is 5.00.